The van der Waals surface area contributed by atoms with Crippen LogP contribution in [0.2, 0.25) is 0 Å². The van der Waals surface area contributed by atoms with E-state index in [0.29, 0.717) is 0 Å². The highest BCUT2D eigenvalue weighted by molar-refractivity contribution is 6.07. The van der Waals surface area contributed by atoms with Gasteiger partial charge in [0, 0.05) is 0 Å². The molecule has 1 aromatic carbocycles. The molecule has 118 valence electrons. The van der Waals surface area contributed by atoms with Gasteiger partial charge in [0.15, 0.2) is 0 Å². The van der Waals surface area contributed by atoms with Crippen molar-refractivity contribution >= 4 is 11.9 Å². The van der Waals surface area contributed by atoms with Crippen LogP contribution >= 0.6 is 0 Å². The predicted octanol–water partition coefficient (Wildman–Crippen LogP) is 2.70. The van der Waals surface area contributed by atoms with Crippen LogP contribution in [-0.4, -0.2) is 29.5 Å². The van der Waals surface area contributed by atoms with Crippen LogP contribution < -0.4 is 10.1 Å². The number of nitrogens with one attached hydrogen (secondary N) is 1. The zero-order valence-electron chi connectivity index (χ0n) is 13.1. The first-order valence-electron chi connectivity index (χ1n) is 7.84. The molecule has 5 nitrogen and oxygen atoms in total. The summed E-state index contributed by atoms with van der Waals surface area (Å²) in [5.74, 6) is 0.839. The molecule has 1 aromatic rings. The number of benzene rings is 1. The molecule has 0 aromatic heterocycles. The van der Waals surface area contributed by atoms with Gasteiger partial charge in [0.05, 0.1) is 13.7 Å². The SMILES string of the molecule is COc1cccc(CN2C(=O)N[C@]3(CCCC[C@H]3C)C2=O)c1. The number of amides is 3. The lowest BCUT2D eigenvalue weighted by atomic mass is 9.73. The molecule has 1 aliphatic heterocycles. The van der Waals surface area contributed by atoms with E-state index in [0.717, 1.165) is 37.0 Å². The summed E-state index contributed by atoms with van der Waals surface area (Å²) >= 11 is 0. The van der Waals surface area contributed by atoms with Gasteiger partial charge in [-0.2, -0.15) is 0 Å². The van der Waals surface area contributed by atoms with Crippen molar-refractivity contribution in [3.8, 4) is 5.75 Å². The van der Waals surface area contributed by atoms with E-state index < -0.39 is 5.54 Å². The Balaban J connectivity index is 1.82. The molecule has 1 spiro atoms. The maximum absolute atomic E-state index is 12.9. The molecule has 3 rings (SSSR count). The lowest BCUT2D eigenvalue weighted by Gasteiger charge is -2.36. The highest BCUT2D eigenvalue weighted by Crippen LogP contribution is 2.38. The minimum absolute atomic E-state index is 0.0764. The van der Waals surface area contributed by atoms with Crippen molar-refractivity contribution in [1.29, 1.82) is 0 Å². The highest BCUT2D eigenvalue weighted by atomic mass is 16.5. The second-order valence-electron chi connectivity index (χ2n) is 6.29. The van der Waals surface area contributed by atoms with Gasteiger partial charge in [0.2, 0.25) is 0 Å². The number of urea groups is 1. The fourth-order valence-electron chi connectivity index (χ4n) is 3.59. The summed E-state index contributed by atoms with van der Waals surface area (Å²) in [5.41, 5.74) is 0.206. The second-order valence-corrected chi connectivity index (χ2v) is 6.29. The average molecular weight is 302 g/mol. The number of ether oxygens (including phenoxy) is 1. The van der Waals surface area contributed by atoms with Crippen molar-refractivity contribution in [1.82, 2.24) is 10.2 Å². The zero-order valence-corrected chi connectivity index (χ0v) is 13.1. The fourth-order valence-corrected chi connectivity index (χ4v) is 3.59. The maximum atomic E-state index is 12.9. The Bertz CT molecular complexity index is 601. The summed E-state index contributed by atoms with van der Waals surface area (Å²) < 4.78 is 5.20. The molecule has 1 N–H and O–H groups in total. The Morgan fingerprint density at radius 1 is 1.36 bits per heavy atom. The van der Waals surface area contributed by atoms with Gasteiger partial charge in [-0.05, 0) is 36.5 Å². The van der Waals surface area contributed by atoms with Crippen molar-refractivity contribution < 1.29 is 14.3 Å². The first-order chi connectivity index (χ1) is 10.6. The molecule has 0 unspecified atom stereocenters. The number of hydrogen-bond donors (Lipinski definition) is 1. The molecule has 22 heavy (non-hydrogen) atoms. The van der Waals surface area contributed by atoms with Crippen LogP contribution in [0.5, 0.6) is 5.75 Å². The standard InChI is InChI=1S/C17H22N2O3/c1-12-6-3-4-9-17(12)15(20)19(16(21)18-17)11-13-7-5-8-14(10-13)22-2/h5,7-8,10,12H,3-4,6,9,11H2,1-2H3,(H,18,21)/t12-,17+/m1/s1. The summed E-state index contributed by atoms with van der Waals surface area (Å²) in [7, 11) is 1.60. The molecule has 5 heteroatoms. The Hall–Kier alpha value is -2.04. The van der Waals surface area contributed by atoms with Gasteiger partial charge in [-0.25, -0.2) is 4.79 Å². The Kier molecular flexibility index (Phi) is 3.81. The van der Waals surface area contributed by atoms with Crippen LogP contribution in [0.25, 0.3) is 0 Å². The summed E-state index contributed by atoms with van der Waals surface area (Å²) in [6.07, 6.45) is 3.84. The maximum Gasteiger partial charge on any atom is 0.325 e. The molecular weight excluding hydrogens is 280 g/mol. The number of hydrogen-bond acceptors (Lipinski definition) is 3. The molecule has 1 saturated heterocycles. The van der Waals surface area contributed by atoms with E-state index >= 15 is 0 Å². The van der Waals surface area contributed by atoms with Gasteiger partial charge in [0.25, 0.3) is 5.91 Å². The lowest BCUT2D eigenvalue weighted by Crippen LogP contribution is -2.53. The first kappa shape index (κ1) is 14.9. The van der Waals surface area contributed by atoms with Gasteiger partial charge in [-0.15, -0.1) is 0 Å². The van der Waals surface area contributed by atoms with Crippen LogP contribution in [0.3, 0.4) is 0 Å². The molecule has 0 radical (unpaired) electrons. The Morgan fingerprint density at radius 3 is 2.91 bits per heavy atom. The van der Waals surface area contributed by atoms with E-state index in [4.69, 9.17) is 4.74 Å². The molecule has 2 aliphatic rings. The van der Waals surface area contributed by atoms with Gasteiger partial charge in [-0.3, -0.25) is 9.69 Å². The van der Waals surface area contributed by atoms with Gasteiger partial charge >= 0.3 is 6.03 Å². The lowest BCUT2D eigenvalue weighted by molar-refractivity contribution is -0.134. The van der Waals surface area contributed by atoms with Gasteiger partial charge in [0.1, 0.15) is 11.3 Å². The van der Waals surface area contributed by atoms with Crippen LogP contribution in [0, 0.1) is 5.92 Å². The van der Waals surface area contributed by atoms with E-state index in [1.807, 2.05) is 24.3 Å². The van der Waals surface area contributed by atoms with Gasteiger partial charge < -0.3 is 10.1 Å². The minimum Gasteiger partial charge on any atom is -0.497 e. The smallest absolute Gasteiger partial charge is 0.325 e. The average Bonchev–Trinajstić information content (AvgIpc) is 2.76. The number of nitrogens with zero attached hydrogens (tertiary/aromatic N) is 1. The summed E-state index contributed by atoms with van der Waals surface area (Å²) in [6.45, 7) is 2.35. The zero-order chi connectivity index (χ0) is 15.7. The van der Waals surface area contributed by atoms with Crippen LogP contribution in [0.4, 0.5) is 4.79 Å². The Labute approximate surface area is 130 Å². The molecular formula is C17H22N2O3. The molecule has 2 fully saturated rings. The van der Waals surface area contributed by atoms with Crippen molar-refractivity contribution in [2.24, 2.45) is 5.92 Å². The van der Waals surface area contributed by atoms with Crippen LogP contribution in [-0.2, 0) is 11.3 Å². The predicted molar refractivity (Wildman–Crippen MR) is 82.4 cm³/mol. The fraction of sp³-hybridized carbons (Fsp3) is 0.529. The van der Waals surface area contributed by atoms with E-state index in [1.54, 1.807) is 7.11 Å². The summed E-state index contributed by atoms with van der Waals surface area (Å²) in [5, 5.41) is 2.97. The number of carbonyl (C=O) groups excluding carboxylic acids is 2. The molecule has 2 atom stereocenters. The first-order valence-corrected chi connectivity index (χ1v) is 7.84. The highest BCUT2D eigenvalue weighted by Gasteiger charge is 2.54. The van der Waals surface area contributed by atoms with Crippen molar-refractivity contribution in [2.75, 3.05) is 7.11 Å². The summed E-state index contributed by atoms with van der Waals surface area (Å²) in [4.78, 5) is 26.5. The van der Waals surface area contributed by atoms with Gasteiger partial charge in [-0.1, -0.05) is 31.9 Å². The second kappa shape index (κ2) is 5.63. The number of carbonyl (C=O) groups is 2. The van der Waals surface area contributed by atoms with Crippen LogP contribution in [0.15, 0.2) is 24.3 Å². The van der Waals surface area contributed by atoms with E-state index in [9.17, 15) is 9.59 Å². The third kappa shape index (κ3) is 2.34. The molecule has 1 heterocycles. The third-order valence-corrected chi connectivity index (χ3v) is 4.98. The van der Waals surface area contributed by atoms with E-state index in [1.165, 1.54) is 4.90 Å². The third-order valence-electron chi connectivity index (χ3n) is 4.98. The number of imide groups is 1. The van der Waals surface area contributed by atoms with Crippen molar-refractivity contribution in [2.45, 2.75) is 44.7 Å². The van der Waals surface area contributed by atoms with E-state index in [-0.39, 0.29) is 24.4 Å². The Morgan fingerprint density at radius 2 is 2.18 bits per heavy atom. The monoisotopic (exact) mass is 302 g/mol. The molecule has 3 amide bonds. The van der Waals surface area contributed by atoms with E-state index in [2.05, 4.69) is 12.2 Å². The summed E-state index contributed by atoms with van der Waals surface area (Å²) in [6, 6.07) is 7.20. The van der Waals surface area contributed by atoms with Crippen molar-refractivity contribution in [3.05, 3.63) is 29.8 Å². The van der Waals surface area contributed by atoms with Crippen LogP contribution in [0.1, 0.15) is 38.2 Å². The molecule has 0 bridgehead atoms. The molecule has 1 saturated carbocycles. The van der Waals surface area contributed by atoms with Crippen molar-refractivity contribution in [3.63, 3.8) is 0 Å². The minimum atomic E-state index is -0.686. The quantitative estimate of drug-likeness (QED) is 0.873. The largest absolute Gasteiger partial charge is 0.497 e. The number of methoxy groups -OCH3 is 1. The number of rotatable bonds is 3. The molecule has 1 aliphatic carbocycles. The topological polar surface area (TPSA) is 58.6 Å². The normalized spacial score (nSPS) is 28.1.